The van der Waals surface area contributed by atoms with Gasteiger partial charge in [0.05, 0.1) is 22.9 Å². The zero-order valence-electron chi connectivity index (χ0n) is 13.5. The monoisotopic (exact) mass is 416 g/mol. The van der Waals surface area contributed by atoms with Crippen LogP contribution in [-0.4, -0.2) is 30.1 Å². The number of thiazole rings is 1. The molecule has 1 aliphatic heterocycles. The number of hydrogen-bond acceptors (Lipinski definition) is 4. The average molecular weight is 417 g/mol. The molecule has 1 fully saturated rings. The van der Waals surface area contributed by atoms with E-state index in [2.05, 4.69) is 20.9 Å². The summed E-state index contributed by atoms with van der Waals surface area (Å²) in [6.45, 7) is 1.30. The van der Waals surface area contributed by atoms with Crippen molar-refractivity contribution in [3.63, 3.8) is 0 Å². The number of amides is 1. The number of hydrogen-bond donors (Lipinski definition) is 0. The van der Waals surface area contributed by atoms with Gasteiger partial charge in [-0.25, -0.2) is 4.98 Å². The summed E-state index contributed by atoms with van der Waals surface area (Å²) in [4.78, 5) is 19.6. The summed E-state index contributed by atoms with van der Waals surface area (Å²) in [7, 11) is 0. The van der Waals surface area contributed by atoms with E-state index in [1.165, 1.54) is 0 Å². The Morgan fingerprint density at radius 3 is 2.92 bits per heavy atom. The topological polar surface area (TPSA) is 42.4 Å². The van der Waals surface area contributed by atoms with Crippen molar-refractivity contribution in [3.8, 4) is 0 Å². The van der Waals surface area contributed by atoms with Crippen molar-refractivity contribution in [1.82, 2.24) is 4.98 Å². The van der Waals surface area contributed by atoms with E-state index >= 15 is 0 Å². The molecule has 1 saturated heterocycles. The molecule has 0 saturated carbocycles. The first-order valence-corrected chi connectivity index (χ1v) is 9.86. The molecule has 0 radical (unpaired) electrons. The van der Waals surface area contributed by atoms with Crippen LogP contribution in [0.3, 0.4) is 0 Å². The van der Waals surface area contributed by atoms with E-state index in [1.54, 1.807) is 16.2 Å². The Labute approximate surface area is 158 Å². The fourth-order valence-corrected chi connectivity index (χ4v) is 4.37. The van der Waals surface area contributed by atoms with Crippen LogP contribution in [0.15, 0.2) is 53.0 Å². The SMILES string of the molecule is O=C(c1cccc(Br)c1)N(CC1CCCO1)c1nc2ccccc2s1. The summed E-state index contributed by atoms with van der Waals surface area (Å²) < 4.78 is 7.73. The largest absolute Gasteiger partial charge is 0.376 e. The Morgan fingerprint density at radius 1 is 1.28 bits per heavy atom. The first-order valence-electron chi connectivity index (χ1n) is 8.25. The third-order valence-corrected chi connectivity index (χ3v) is 5.79. The molecule has 3 aromatic rings. The highest BCUT2D eigenvalue weighted by Crippen LogP contribution is 2.31. The maximum atomic E-state index is 13.2. The van der Waals surface area contributed by atoms with Crippen molar-refractivity contribution >= 4 is 48.5 Å². The van der Waals surface area contributed by atoms with Gasteiger partial charge >= 0.3 is 0 Å². The van der Waals surface area contributed by atoms with Gasteiger partial charge in [0.2, 0.25) is 0 Å². The normalized spacial score (nSPS) is 17.1. The smallest absolute Gasteiger partial charge is 0.260 e. The molecule has 1 atom stereocenters. The van der Waals surface area contributed by atoms with Crippen molar-refractivity contribution in [1.29, 1.82) is 0 Å². The number of ether oxygens (including phenoxy) is 1. The summed E-state index contributed by atoms with van der Waals surface area (Å²) in [5.41, 5.74) is 1.56. The third kappa shape index (κ3) is 3.61. The molecular formula is C19H17BrN2O2S. The van der Waals surface area contributed by atoms with Crippen LogP contribution in [0.25, 0.3) is 10.2 Å². The van der Waals surface area contributed by atoms with E-state index in [1.807, 2.05) is 48.5 Å². The molecule has 128 valence electrons. The quantitative estimate of drug-likeness (QED) is 0.608. The van der Waals surface area contributed by atoms with Crippen molar-refractivity contribution in [3.05, 3.63) is 58.6 Å². The minimum Gasteiger partial charge on any atom is -0.376 e. The standard InChI is InChI=1S/C19H17BrN2O2S/c20-14-6-3-5-13(11-14)18(23)22(12-15-7-4-10-24-15)19-21-16-8-1-2-9-17(16)25-19/h1-3,5-6,8-9,11,15H,4,7,10,12H2. The summed E-state index contributed by atoms with van der Waals surface area (Å²) in [6, 6.07) is 15.4. The molecule has 1 amide bonds. The molecule has 25 heavy (non-hydrogen) atoms. The molecular weight excluding hydrogens is 400 g/mol. The van der Waals surface area contributed by atoms with Crippen molar-refractivity contribution in [2.75, 3.05) is 18.1 Å². The Balaban J connectivity index is 1.71. The molecule has 6 heteroatoms. The minimum absolute atomic E-state index is 0.0455. The van der Waals surface area contributed by atoms with Crippen LogP contribution in [-0.2, 0) is 4.74 Å². The Kier molecular flexibility index (Phi) is 4.83. The second kappa shape index (κ2) is 7.23. The van der Waals surface area contributed by atoms with Gasteiger partial charge in [-0.15, -0.1) is 0 Å². The molecule has 2 heterocycles. The first-order chi connectivity index (χ1) is 12.2. The maximum Gasteiger partial charge on any atom is 0.260 e. The number of rotatable bonds is 4. The van der Waals surface area contributed by atoms with Gasteiger partial charge in [-0.3, -0.25) is 9.69 Å². The third-order valence-electron chi connectivity index (χ3n) is 4.24. The lowest BCUT2D eigenvalue weighted by Gasteiger charge is -2.23. The Morgan fingerprint density at radius 2 is 2.16 bits per heavy atom. The molecule has 4 rings (SSSR count). The van der Waals surface area contributed by atoms with Gasteiger partial charge in [0.1, 0.15) is 0 Å². The highest BCUT2D eigenvalue weighted by molar-refractivity contribution is 9.10. The van der Waals surface area contributed by atoms with Gasteiger partial charge in [-0.1, -0.05) is 45.5 Å². The highest BCUT2D eigenvalue weighted by Gasteiger charge is 2.27. The average Bonchev–Trinajstić information content (AvgIpc) is 3.28. The van der Waals surface area contributed by atoms with Gasteiger partial charge in [0, 0.05) is 16.6 Å². The lowest BCUT2D eigenvalue weighted by atomic mass is 10.2. The van der Waals surface area contributed by atoms with E-state index in [9.17, 15) is 4.79 Å². The number of halogens is 1. The van der Waals surface area contributed by atoms with Crippen LogP contribution in [0, 0.1) is 0 Å². The molecule has 0 N–H and O–H groups in total. The second-order valence-corrected chi connectivity index (χ2v) is 7.95. The number of aromatic nitrogens is 1. The molecule has 1 unspecified atom stereocenters. The summed E-state index contributed by atoms with van der Waals surface area (Å²) in [6.07, 6.45) is 2.10. The number of carbonyl (C=O) groups excluding carboxylic acids is 1. The second-order valence-electron chi connectivity index (χ2n) is 6.03. The number of nitrogens with zero attached hydrogens (tertiary/aromatic N) is 2. The molecule has 1 aliphatic rings. The van der Waals surface area contributed by atoms with Crippen molar-refractivity contribution in [2.24, 2.45) is 0 Å². The van der Waals surface area contributed by atoms with Gasteiger partial charge in [-0.2, -0.15) is 0 Å². The van der Waals surface area contributed by atoms with Crippen LogP contribution in [0.2, 0.25) is 0 Å². The van der Waals surface area contributed by atoms with Gasteiger partial charge in [-0.05, 0) is 43.2 Å². The first kappa shape index (κ1) is 16.7. The van der Waals surface area contributed by atoms with Gasteiger partial charge < -0.3 is 4.74 Å². The lowest BCUT2D eigenvalue weighted by molar-refractivity contribution is 0.0917. The van der Waals surface area contributed by atoms with Gasteiger partial charge in [0.25, 0.3) is 5.91 Å². The minimum atomic E-state index is -0.0455. The lowest BCUT2D eigenvalue weighted by Crippen LogP contribution is -2.37. The summed E-state index contributed by atoms with van der Waals surface area (Å²) >= 11 is 4.99. The number of para-hydroxylation sites is 1. The summed E-state index contributed by atoms with van der Waals surface area (Å²) in [5.74, 6) is -0.0455. The predicted octanol–water partition coefficient (Wildman–Crippen LogP) is 4.88. The van der Waals surface area contributed by atoms with E-state index in [0.717, 1.165) is 39.3 Å². The number of anilines is 1. The molecule has 4 nitrogen and oxygen atoms in total. The predicted molar refractivity (Wildman–Crippen MR) is 104 cm³/mol. The van der Waals surface area contributed by atoms with Crippen molar-refractivity contribution in [2.45, 2.75) is 18.9 Å². The summed E-state index contributed by atoms with van der Waals surface area (Å²) in [5, 5.41) is 0.724. The van der Waals surface area contributed by atoms with Crippen molar-refractivity contribution < 1.29 is 9.53 Å². The number of fused-ring (bicyclic) bond motifs is 1. The van der Waals surface area contributed by atoms with Gasteiger partial charge in [0.15, 0.2) is 5.13 Å². The molecule has 1 aromatic heterocycles. The van der Waals surface area contributed by atoms with E-state index in [0.29, 0.717) is 12.1 Å². The zero-order chi connectivity index (χ0) is 17.2. The van der Waals surface area contributed by atoms with Crippen LogP contribution in [0.4, 0.5) is 5.13 Å². The fourth-order valence-electron chi connectivity index (χ4n) is 2.99. The molecule has 0 bridgehead atoms. The van der Waals surface area contributed by atoms with Crippen LogP contribution >= 0.6 is 27.3 Å². The van der Waals surface area contributed by atoms with E-state index in [4.69, 9.17) is 4.74 Å². The van der Waals surface area contributed by atoms with Crippen LogP contribution < -0.4 is 4.90 Å². The molecule has 0 aliphatic carbocycles. The highest BCUT2D eigenvalue weighted by atomic mass is 79.9. The molecule has 2 aromatic carbocycles. The maximum absolute atomic E-state index is 13.2. The Bertz CT molecular complexity index is 872. The van der Waals surface area contributed by atoms with E-state index < -0.39 is 0 Å². The van der Waals surface area contributed by atoms with Crippen LogP contribution in [0.5, 0.6) is 0 Å². The fraction of sp³-hybridized carbons (Fsp3) is 0.263. The zero-order valence-corrected chi connectivity index (χ0v) is 15.9. The van der Waals surface area contributed by atoms with E-state index in [-0.39, 0.29) is 12.0 Å². The van der Waals surface area contributed by atoms with Crippen LogP contribution in [0.1, 0.15) is 23.2 Å². The number of benzene rings is 2. The number of carbonyl (C=O) groups is 1. The molecule has 0 spiro atoms. The Hall–Kier alpha value is -1.76.